The minimum atomic E-state index is -4.69. The standard InChI is InChI=1S/C19H21F4N3O4/c1-10-24-26(17(28)25(10)11-5-6-11)14-8-15(29-9-19(21,22)23)12(7-13(14)20)16(27)30-18(2,3)4/h7-8,11H,5-6,9H2,1-4H3. The number of ether oxygens (including phenoxy) is 2. The summed E-state index contributed by atoms with van der Waals surface area (Å²) in [6, 6.07) is 1.51. The van der Waals surface area contributed by atoms with Crippen molar-refractivity contribution in [2.24, 2.45) is 0 Å². The Labute approximate surface area is 169 Å². The number of aryl methyl sites for hydroxylation is 1. The summed E-state index contributed by atoms with van der Waals surface area (Å²) in [7, 11) is 0. The second kappa shape index (κ2) is 7.44. The zero-order valence-corrected chi connectivity index (χ0v) is 16.8. The Morgan fingerprint density at radius 3 is 2.40 bits per heavy atom. The number of benzene rings is 1. The van der Waals surface area contributed by atoms with Crippen molar-refractivity contribution in [3.8, 4) is 11.4 Å². The lowest BCUT2D eigenvalue weighted by Crippen LogP contribution is -2.27. The predicted octanol–water partition coefficient (Wildman–Crippen LogP) is 3.71. The van der Waals surface area contributed by atoms with Gasteiger partial charge in [-0.3, -0.25) is 4.57 Å². The SMILES string of the molecule is Cc1nn(-c2cc(OCC(F)(F)F)c(C(=O)OC(C)(C)C)cc2F)c(=O)n1C1CC1. The number of carbonyl (C=O) groups is 1. The number of aromatic nitrogens is 3. The van der Waals surface area contributed by atoms with Crippen LogP contribution in [0.5, 0.6) is 5.75 Å². The molecule has 0 radical (unpaired) electrons. The molecule has 11 heteroatoms. The molecule has 0 unspecified atom stereocenters. The number of carbonyl (C=O) groups excluding carboxylic acids is 1. The highest BCUT2D eigenvalue weighted by Crippen LogP contribution is 2.34. The molecule has 0 amide bonds. The van der Waals surface area contributed by atoms with E-state index >= 15 is 0 Å². The molecule has 1 aliphatic rings. The van der Waals surface area contributed by atoms with E-state index in [1.54, 1.807) is 27.7 Å². The van der Waals surface area contributed by atoms with Gasteiger partial charge in [-0.15, -0.1) is 0 Å². The third-order valence-electron chi connectivity index (χ3n) is 4.18. The van der Waals surface area contributed by atoms with Crippen LogP contribution in [0, 0.1) is 12.7 Å². The van der Waals surface area contributed by atoms with Crippen molar-refractivity contribution in [1.29, 1.82) is 0 Å². The van der Waals surface area contributed by atoms with Gasteiger partial charge in [0.25, 0.3) is 0 Å². The first-order valence-corrected chi connectivity index (χ1v) is 9.22. The van der Waals surface area contributed by atoms with Crippen LogP contribution in [0.15, 0.2) is 16.9 Å². The number of alkyl halides is 3. The molecular weight excluding hydrogens is 410 g/mol. The zero-order valence-electron chi connectivity index (χ0n) is 16.8. The Morgan fingerprint density at radius 1 is 1.23 bits per heavy atom. The molecule has 0 spiro atoms. The van der Waals surface area contributed by atoms with Crippen LogP contribution >= 0.6 is 0 Å². The van der Waals surface area contributed by atoms with Gasteiger partial charge in [-0.2, -0.15) is 23.0 Å². The van der Waals surface area contributed by atoms with Gasteiger partial charge in [0, 0.05) is 12.1 Å². The summed E-state index contributed by atoms with van der Waals surface area (Å²) in [6.45, 7) is 4.53. The van der Waals surface area contributed by atoms with Crippen molar-refractivity contribution in [1.82, 2.24) is 14.3 Å². The first-order chi connectivity index (χ1) is 13.8. The van der Waals surface area contributed by atoms with Crippen LogP contribution in [-0.2, 0) is 4.74 Å². The molecule has 1 aliphatic carbocycles. The molecule has 2 aromatic rings. The van der Waals surface area contributed by atoms with Crippen molar-refractivity contribution >= 4 is 5.97 Å². The maximum Gasteiger partial charge on any atom is 0.422 e. The largest absolute Gasteiger partial charge is 0.483 e. The van der Waals surface area contributed by atoms with Crippen LogP contribution in [-0.4, -0.2) is 38.7 Å². The Bertz CT molecular complexity index is 1030. The van der Waals surface area contributed by atoms with Crippen molar-refractivity contribution < 1.29 is 31.8 Å². The molecule has 1 aromatic heterocycles. The number of hydrogen-bond donors (Lipinski definition) is 0. The second-order valence-electron chi connectivity index (χ2n) is 8.05. The van der Waals surface area contributed by atoms with Crippen molar-refractivity contribution in [2.75, 3.05) is 6.61 Å². The quantitative estimate of drug-likeness (QED) is 0.533. The normalized spacial score (nSPS) is 14.7. The molecule has 0 N–H and O–H groups in total. The highest BCUT2D eigenvalue weighted by Gasteiger charge is 2.32. The maximum absolute atomic E-state index is 14.8. The molecule has 7 nitrogen and oxygen atoms in total. The Kier molecular flexibility index (Phi) is 5.42. The lowest BCUT2D eigenvalue weighted by molar-refractivity contribution is -0.153. The average molecular weight is 431 g/mol. The van der Waals surface area contributed by atoms with Crippen LogP contribution in [0.25, 0.3) is 5.69 Å². The van der Waals surface area contributed by atoms with Gasteiger partial charge < -0.3 is 9.47 Å². The van der Waals surface area contributed by atoms with Gasteiger partial charge in [-0.1, -0.05) is 0 Å². The lowest BCUT2D eigenvalue weighted by atomic mass is 10.1. The number of halogens is 4. The topological polar surface area (TPSA) is 75.4 Å². The molecule has 0 bridgehead atoms. The number of hydrogen-bond acceptors (Lipinski definition) is 5. The fourth-order valence-corrected chi connectivity index (χ4v) is 2.86. The molecule has 1 aromatic carbocycles. The summed E-state index contributed by atoms with van der Waals surface area (Å²) in [5.41, 5.74) is -2.54. The average Bonchev–Trinajstić information content (AvgIpc) is 3.36. The lowest BCUT2D eigenvalue weighted by Gasteiger charge is -2.21. The molecule has 1 saturated carbocycles. The van der Waals surface area contributed by atoms with E-state index in [0.717, 1.165) is 23.6 Å². The highest BCUT2D eigenvalue weighted by atomic mass is 19.4. The van der Waals surface area contributed by atoms with Crippen molar-refractivity contribution in [3.05, 3.63) is 39.8 Å². The van der Waals surface area contributed by atoms with E-state index < -0.39 is 52.9 Å². The van der Waals surface area contributed by atoms with Crippen LogP contribution in [0.3, 0.4) is 0 Å². The van der Waals surface area contributed by atoms with Crippen LogP contribution in [0.4, 0.5) is 17.6 Å². The number of esters is 1. The molecule has 1 heterocycles. The van der Waals surface area contributed by atoms with Crippen LogP contribution in [0.1, 0.15) is 55.8 Å². The van der Waals surface area contributed by atoms with Crippen molar-refractivity contribution in [2.45, 2.75) is 58.4 Å². The van der Waals surface area contributed by atoms with Gasteiger partial charge >= 0.3 is 17.8 Å². The molecule has 1 fully saturated rings. The monoisotopic (exact) mass is 431 g/mol. The van der Waals surface area contributed by atoms with Gasteiger partial charge in [-0.05, 0) is 46.6 Å². The van der Waals surface area contributed by atoms with Gasteiger partial charge in [0.15, 0.2) is 6.61 Å². The smallest absolute Gasteiger partial charge is 0.422 e. The summed E-state index contributed by atoms with van der Waals surface area (Å²) in [6.07, 6.45) is -3.13. The zero-order chi connectivity index (χ0) is 22.4. The van der Waals surface area contributed by atoms with E-state index in [1.807, 2.05) is 0 Å². The molecule has 0 atom stereocenters. The summed E-state index contributed by atoms with van der Waals surface area (Å²) >= 11 is 0. The van der Waals surface area contributed by atoms with Gasteiger partial charge in [0.2, 0.25) is 0 Å². The highest BCUT2D eigenvalue weighted by molar-refractivity contribution is 5.93. The Balaban J connectivity index is 2.08. The number of nitrogens with zero attached hydrogens (tertiary/aromatic N) is 3. The maximum atomic E-state index is 14.8. The van der Waals surface area contributed by atoms with E-state index in [2.05, 4.69) is 5.10 Å². The van der Waals surface area contributed by atoms with Crippen molar-refractivity contribution in [3.63, 3.8) is 0 Å². The fourth-order valence-electron chi connectivity index (χ4n) is 2.86. The third kappa shape index (κ3) is 4.82. The summed E-state index contributed by atoms with van der Waals surface area (Å²) in [5.74, 6) is -2.31. The third-order valence-corrected chi connectivity index (χ3v) is 4.18. The summed E-state index contributed by atoms with van der Waals surface area (Å²) in [4.78, 5) is 25.0. The van der Waals surface area contributed by atoms with Gasteiger partial charge in [0.05, 0.1) is 0 Å². The minimum Gasteiger partial charge on any atom is -0.483 e. The minimum absolute atomic E-state index is 0.0312. The van der Waals surface area contributed by atoms with E-state index in [1.165, 1.54) is 4.57 Å². The number of rotatable bonds is 5. The van der Waals surface area contributed by atoms with Gasteiger partial charge in [-0.25, -0.2) is 14.0 Å². The first-order valence-electron chi connectivity index (χ1n) is 9.22. The second-order valence-corrected chi connectivity index (χ2v) is 8.05. The predicted molar refractivity (Wildman–Crippen MR) is 97.5 cm³/mol. The molecule has 164 valence electrons. The van der Waals surface area contributed by atoms with Gasteiger partial charge in [0.1, 0.15) is 34.2 Å². The van der Waals surface area contributed by atoms with Crippen LogP contribution < -0.4 is 10.4 Å². The van der Waals surface area contributed by atoms with E-state index in [9.17, 15) is 27.2 Å². The molecule has 3 rings (SSSR count). The first kappa shape index (κ1) is 21.8. The molecule has 30 heavy (non-hydrogen) atoms. The Morgan fingerprint density at radius 2 is 1.87 bits per heavy atom. The van der Waals surface area contributed by atoms with E-state index in [0.29, 0.717) is 11.9 Å². The van der Waals surface area contributed by atoms with Crippen LogP contribution in [0.2, 0.25) is 0 Å². The molecule has 0 aliphatic heterocycles. The Hall–Kier alpha value is -2.85. The molecule has 0 saturated heterocycles. The summed E-state index contributed by atoms with van der Waals surface area (Å²) < 4.78 is 64.9. The molecular formula is C19H21F4N3O4. The van der Waals surface area contributed by atoms with E-state index in [4.69, 9.17) is 9.47 Å². The summed E-state index contributed by atoms with van der Waals surface area (Å²) in [5, 5.41) is 4.02. The van der Waals surface area contributed by atoms with E-state index in [-0.39, 0.29) is 6.04 Å². The fraction of sp³-hybridized carbons (Fsp3) is 0.526.